The summed E-state index contributed by atoms with van der Waals surface area (Å²) < 4.78 is 31.3. The Labute approximate surface area is 187 Å². The van der Waals surface area contributed by atoms with Crippen LogP contribution in [0.5, 0.6) is 0 Å². The number of sulfonamides is 1. The summed E-state index contributed by atoms with van der Waals surface area (Å²) in [4.78, 5) is 30.5. The molecule has 0 atom stereocenters. The quantitative estimate of drug-likeness (QED) is 0.525. The average molecular weight is 478 g/mol. The highest BCUT2D eigenvalue weighted by Gasteiger charge is 2.26. The van der Waals surface area contributed by atoms with E-state index in [9.17, 15) is 18.0 Å². The fraction of sp³-hybridized carbons (Fsp3) is 0.250. The second-order valence-electron chi connectivity index (χ2n) is 6.81. The normalized spacial score (nSPS) is 13.3. The number of thiophene rings is 1. The molecule has 1 aliphatic rings. The molecule has 1 aliphatic heterocycles. The first-order chi connectivity index (χ1) is 14.8. The summed E-state index contributed by atoms with van der Waals surface area (Å²) in [6, 6.07) is 8.87. The molecule has 1 amide bonds. The number of hydrogen-bond acceptors (Lipinski definition) is 8. The first-order valence-corrected chi connectivity index (χ1v) is 12.6. The van der Waals surface area contributed by atoms with Crippen LogP contribution in [0, 0.1) is 6.92 Å². The lowest BCUT2D eigenvalue weighted by Gasteiger charge is -2.17. The molecule has 1 aromatic carbocycles. The molecule has 0 bridgehead atoms. The van der Waals surface area contributed by atoms with E-state index in [4.69, 9.17) is 4.74 Å². The van der Waals surface area contributed by atoms with E-state index in [1.165, 1.54) is 6.07 Å². The van der Waals surface area contributed by atoms with Crippen molar-refractivity contribution in [2.24, 2.45) is 0 Å². The number of aryl methyl sites for hydroxylation is 1. The van der Waals surface area contributed by atoms with E-state index >= 15 is 0 Å². The Morgan fingerprint density at radius 1 is 1.26 bits per heavy atom. The number of carbonyl (C=O) groups is 2. The number of carbonyl (C=O) groups excluding carboxylic acids is 2. The lowest BCUT2D eigenvalue weighted by Crippen LogP contribution is -2.35. The lowest BCUT2D eigenvalue weighted by molar-refractivity contribution is -0.146. The van der Waals surface area contributed by atoms with Gasteiger partial charge >= 0.3 is 5.97 Å². The van der Waals surface area contributed by atoms with E-state index in [0.717, 1.165) is 38.9 Å². The minimum atomic E-state index is -3.76. The van der Waals surface area contributed by atoms with Crippen molar-refractivity contribution in [2.45, 2.75) is 17.6 Å². The van der Waals surface area contributed by atoms with Crippen LogP contribution < -0.4 is 9.62 Å². The maximum absolute atomic E-state index is 12.6. The molecule has 3 heterocycles. The number of nitrogens with one attached hydrogen (secondary N) is 1. The summed E-state index contributed by atoms with van der Waals surface area (Å²) in [6.45, 7) is 1.46. The number of esters is 1. The average Bonchev–Trinajstić information content (AvgIpc) is 3.50. The highest BCUT2D eigenvalue weighted by molar-refractivity contribution is 7.91. The highest BCUT2D eigenvalue weighted by Crippen LogP contribution is 2.32. The minimum Gasteiger partial charge on any atom is -0.455 e. The number of ether oxygens (including phenoxy) is 1. The van der Waals surface area contributed by atoms with Crippen LogP contribution in [0.3, 0.4) is 0 Å². The molecule has 0 spiro atoms. The van der Waals surface area contributed by atoms with Gasteiger partial charge in [-0.25, -0.2) is 13.4 Å². The van der Waals surface area contributed by atoms with Crippen LogP contribution in [-0.2, 0) is 30.8 Å². The van der Waals surface area contributed by atoms with Gasteiger partial charge in [0.15, 0.2) is 6.61 Å². The third-order valence-electron chi connectivity index (χ3n) is 4.71. The third kappa shape index (κ3) is 4.85. The Morgan fingerprint density at radius 3 is 2.81 bits per heavy atom. The molecule has 0 aliphatic carbocycles. The predicted molar refractivity (Wildman–Crippen MR) is 119 cm³/mol. The van der Waals surface area contributed by atoms with Crippen molar-refractivity contribution in [2.75, 3.05) is 24.6 Å². The van der Waals surface area contributed by atoms with Gasteiger partial charge in [-0.2, -0.15) is 4.72 Å². The molecular weight excluding hydrogens is 458 g/mol. The molecule has 1 N–H and O–H groups in total. The van der Waals surface area contributed by atoms with E-state index in [-0.39, 0.29) is 10.1 Å². The van der Waals surface area contributed by atoms with Crippen molar-refractivity contribution < 1.29 is 22.7 Å². The summed E-state index contributed by atoms with van der Waals surface area (Å²) in [6.07, 6.45) is 0.701. The van der Waals surface area contributed by atoms with E-state index in [1.807, 2.05) is 30.5 Å². The van der Waals surface area contributed by atoms with Gasteiger partial charge < -0.3 is 9.64 Å². The molecule has 0 radical (unpaired) electrons. The zero-order chi connectivity index (χ0) is 22.0. The van der Waals surface area contributed by atoms with Gasteiger partial charge in [0, 0.05) is 23.2 Å². The van der Waals surface area contributed by atoms with E-state index in [1.54, 1.807) is 27.7 Å². The fourth-order valence-electron chi connectivity index (χ4n) is 3.23. The zero-order valence-electron chi connectivity index (χ0n) is 16.5. The van der Waals surface area contributed by atoms with Crippen LogP contribution in [0.4, 0.5) is 5.69 Å². The van der Waals surface area contributed by atoms with Gasteiger partial charge in [-0.15, -0.1) is 22.7 Å². The second kappa shape index (κ2) is 8.87. The third-order valence-corrected chi connectivity index (χ3v) is 8.29. The summed E-state index contributed by atoms with van der Waals surface area (Å²) in [5.41, 5.74) is 3.73. The van der Waals surface area contributed by atoms with Gasteiger partial charge in [-0.1, -0.05) is 12.1 Å². The van der Waals surface area contributed by atoms with Gasteiger partial charge in [-0.05, 0) is 42.5 Å². The summed E-state index contributed by atoms with van der Waals surface area (Å²) in [5, 5.41) is 4.62. The number of benzene rings is 1. The summed E-state index contributed by atoms with van der Waals surface area (Å²) in [7, 11) is -3.76. The monoisotopic (exact) mass is 477 g/mol. The van der Waals surface area contributed by atoms with Crippen LogP contribution >= 0.6 is 22.7 Å². The number of aromatic nitrogens is 1. The number of hydrogen-bond donors (Lipinski definition) is 1. The molecule has 11 heteroatoms. The SMILES string of the molecule is Cc1nc(-c2ccc3c(c2)CCN3C(=O)COC(=O)CNS(=O)(=O)c2cccs2)cs1. The standard InChI is InChI=1S/C20H19N3O5S3/c1-13-22-16(12-30-13)14-4-5-17-15(9-14)6-7-23(17)18(24)11-28-19(25)10-21-31(26,27)20-3-2-8-29-20/h2-5,8-9,12,21H,6-7,10-11H2,1H3. The number of thiazole rings is 1. The van der Waals surface area contributed by atoms with Gasteiger partial charge in [0.05, 0.1) is 10.7 Å². The maximum atomic E-state index is 12.6. The Balaban J connectivity index is 1.32. The van der Waals surface area contributed by atoms with Gasteiger partial charge in [-0.3, -0.25) is 9.59 Å². The molecule has 4 rings (SSSR count). The molecule has 162 valence electrons. The minimum absolute atomic E-state index is 0.109. The van der Waals surface area contributed by atoms with Crippen molar-refractivity contribution in [1.82, 2.24) is 9.71 Å². The van der Waals surface area contributed by atoms with E-state index in [0.29, 0.717) is 13.0 Å². The van der Waals surface area contributed by atoms with Gasteiger partial charge in [0.25, 0.3) is 15.9 Å². The fourth-order valence-corrected chi connectivity index (χ4v) is 5.86. The van der Waals surface area contributed by atoms with Crippen molar-refractivity contribution in [3.8, 4) is 11.3 Å². The molecular formula is C20H19N3O5S3. The van der Waals surface area contributed by atoms with Gasteiger partial charge in [0.1, 0.15) is 10.8 Å². The Kier molecular flexibility index (Phi) is 6.19. The first kappa shape index (κ1) is 21.6. The predicted octanol–water partition coefficient (Wildman–Crippen LogP) is 2.59. The lowest BCUT2D eigenvalue weighted by atomic mass is 10.1. The van der Waals surface area contributed by atoms with Crippen LogP contribution in [0.2, 0.25) is 0 Å². The molecule has 0 unspecified atom stereocenters. The zero-order valence-corrected chi connectivity index (χ0v) is 19.0. The first-order valence-electron chi connectivity index (χ1n) is 9.38. The maximum Gasteiger partial charge on any atom is 0.321 e. The molecule has 0 saturated heterocycles. The smallest absolute Gasteiger partial charge is 0.321 e. The van der Waals surface area contributed by atoms with E-state index in [2.05, 4.69) is 9.71 Å². The number of anilines is 1. The van der Waals surface area contributed by atoms with Crippen molar-refractivity contribution in [3.05, 3.63) is 51.7 Å². The van der Waals surface area contributed by atoms with Crippen LogP contribution in [0.15, 0.2) is 45.3 Å². The van der Waals surface area contributed by atoms with Crippen LogP contribution in [0.1, 0.15) is 10.6 Å². The Morgan fingerprint density at radius 2 is 2.10 bits per heavy atom. The molecule has 0 fully saturated rings. The highest BCUT2D eigenvalue weighted by atomic mass is 32.2. The molecule has 0 saturated carbocycles. The number of fused-ring (bicyclic) bond motifs is 1. The molecule has 3 aromatic rings. The van der Waals surface area contributed by atoms with Crippen molar-refractivity contribution >= 4 is 50.3 Å². The van der Waals surface area contributed by atoms with Crippen molar-refractivity contribution in [3.63, 3.8) is 0 Å². The van der Waals surface area contributed by atoms with E-state index < -0.39 is 29.1 Å². The van der Waals surface area contributed by atoms with Crippen LogP contribution in [0.25, 0.3) is 11.3 Å². The summed E-state index contributed by atoms with van der Waals surface area (Å²) in [5.74, 6) is -1.17. The Bertz CT molecular complexity index is 1220. The van der Waals surface area contributed by atoms with Crippen LogP contribution in [-0.4, -0.2) is 45.0 Å². The molecule has 31 heavy (non-hydrogen) atoms. The number of amides is 1. The second-order valence-corrected chi connectivity index (χ2v) is 10.8. The Hall–Kier alpha value is -2.60. The number of nitrogens with zero attached hydrogens (tertiary/aromatic N) is 2. The summed E-state index contributed by atoms with van der Waals surface area (Å²) >= 11 is 2.63. The molecule has 8 nitrogen and oxygen atoms in total. The number of rotatable bonds is 7. The molecule has 2 aromatic heterocycles. The topological polar surface area (TPSA) is 106 Å². The van der Waals surface area contributed by atoms with Crippen molar-refractivity contribution in [1.29, 1.82) is 0 Å². The van der Waals surface area contributed by atoms with Gasteiger partial charge in [0.2, 0.25) is 0 Å². The largest absolute Gasteiger partial charge is 0.455 e.